The second-order valence-corrected chi connectivity index (χ2v) is 9.48. The van der Waals surface area contributed by atoms with Gasteiger partial charge >= 0.3 is 0 Å². The highest BCUT2D eigenvalue weighted by Crippen LogP contribution is 2.28. The zero-order chi connectivity index (χ0) is 24.1. The maximum atomic E-state index is 13.0. The molecule has 0 spiro atoms. The summed E-state index contributed by atoms with van der Waals surface area (Å²) in [6.07, 6.45) is 5.34. The van der Waals surface area contributed by atoms with Gasteiger partial charge in [0.2, 0.25) is 5.91 Å². The summed E-state index contributed by atoms with van der Waals surface area (Å²) in [4.78, 5) is 28.9. The van der Waals surface area contributed by atoms with E-state index >= 15 is 0 Å². The molecule has 3 aromatic rings. The monoisotopic (exact) mass is 463 g/mol. The summed E-state index contributed by atoms with van der Waals surface area (Å²) in [5, 5.41) is 3.37. The zero-order valence-electron chi connectivity index (χ0n) is 20.8. The lowest BCUT2D eigenvalue weighted by molar-refractivity contribution is -0.131. The van der Waals surface area contributed by atoms with Gasteiger partial charge in [0.15, 0.2) is 5.65 Å². The molecule has 0 radical (unpaired) electrons. The molecule has 0 bridgehead atoms. The van der Waals surface area contributed by atoms with Gasteiger partial charge in [-0.15, -0.1) is 0 Å². The van der Waals surface area contributed by atoms with Crippen molar-refractivity contribution in [3.63, 3.8) is 0 Å². The first-order chi connectivity index (χ1) is 16.4. The number of carbonyl (C=O) groups is 1. The van der Waals surface area contributed by atoms with Crippen molar-refractivity contribution in [3.05, 3.63) is 48.9 Å². The van der Waals surface area contributed by atoms with Crippen LogP contribution >= 0.6 is 0 Å². The maximum Gasteiger partial charge on any atom is 0.242 e. The van der Waals surface area contributed by atoms with Crippen LogP contribution in [-0.4, -0.2) is 92.9 Å². The molecule has 4 rings (SSSR count). The fraction of sp³-hybridized carbons (Fsp3) is 0.500. The second-order valence-electron chi connectivity index (χ2n) is 9.48. The molecular weight excluding hydrogens is 426 g/mol. The first-order valence-corrected chi connectivity index (χ1v) is 12.3. The number of piperazine rings is 1. The van der Waals surface area contributed by atoms with E-state index in [9.17, 15) is 4.79 Å². The van der Waals surface area contributed by atoms with Crippen LogP contribution in [0.5, 0.6) is 0 Å². The molecule has 0 unspecified atom stereocenters. The van der Waals surface area contributed by atoms with Crippen LogP contribution in [0.15, 0.2) is 48.9 Å². The van der Waals surface area contributed by atoms with Crippen LogP contribution in [0.3, 0.4) is 0 Å². The van der Waals surface area contributed by atoms with Crippen LogP contribution in [0.4, 0.5) is 5.82 Å². The number of amides is 1. The molecule has 2 aromatic heterocycles. The highest BCUT2D eigenvalue weighted by atomic mass is 16.2. The average molecular weight is 464 g/mol. The SMILES string of the molecule is CC(C)N(CCN1CCN(C(=O)CNc2c(-c3ccccc3)nc3cnccn23)CC1)C(C)C. The number of aromatic nitrogens is 3. The minimum atomic E-state index is 0.119. The van der Waals surface area contributed by atoms with E-state index in [0.717, 1.165) is 62.0 Å². The van der Waals surface area contributed by atoms with Crippen LogP contribution in [-0.2, 0) is 4.79 Å². The number of anilines is 1. The summed E-state index contributed by atoms with van der Waals surface area (Å²) in [6.45, 7) is 14.8. The Balaban J connectivity index is 1.35. The fourth-order valence-electron chi connectivity index (χ4n) is 4.73. The molecule has 3 heterocycles. The predicted octanol–water partition coefficient (Wildman–Crippen LogP) is 3.07. The predicted molar refractivity (Wildman–Crippen MR) is 137 cm³/mol. The topological polar surface area (TPSA) is 69.0 Å². The fourth-order valence-corrected chi connectivity index (χ4v) is 4.73. The van der Waals surface area contributed by atoms with E-state index in [4.69, 9.17) is 4.98 Å². The van der Waals surface area contributed by atoms with Crippen LogP contribution < -0.4 is 5.32 Å². The molecule has 1 saturated heterocycles. The summed E-state index contributed by atoms with van der Waals surface area (Å²) in [5.41, 5.74) is 2.58. The molecule has 1 N–H and O–H groups in total. The zero-order valence-corrected chi connectivity index (χ0v) is 20.8. The average Bonchev–Trinajstić information content (AvgIpc) is 3.22. The Morgan fingerprint density at radius 1 is 1.06 bits per heavy atom. The third-order valence-electron chi connectivity index (χ3n) is 6.61. The Morgan fingerprint density at radius 2 is 1.76 bits per heavy atom. The molecule has 1 aliphatic rings. The molecule has 182 valence electrons. The number of hydrogen-bond acceptors (Lipinski definition) is 6. The minimum Gasteiger partial charge on any atom is -0.360 e. The molecule has 34 heavy (non-hydrogen) atoms. The standard InChI is InChI=1S/C26H37N7O/c1-20(2)32(21(3)4)17-14-30-12-15-31(16-13-30)24(34)19-28-26-25(22-8-6-5-7-9-22)29-23-18-27-10-11-33(23)26/h5-11,18,20-21,28H,12-17,19H2,1-4H3. The molecular formula is C26H37N7O. The van der Waals surface area contributed by atoms with Gasteiger partial charge in [0.1, 0.15) is 11.5 Å². The van der Waals surface area contributed by atoms with Crippen LogP contribution in [0.25, 0.3) is 16.9 Å². The third-order valence-corrected chi connectivity index (χ3v) is 6.61. The van der Waals surface area contributed by atoms with E-state index in [-0.39, 0.29) is 12.5 Å². The van der Waals surface area contributed by atoms with Gasteiger partial charge in [-0.05, 0) is 27.7 Å². The molecule has 0 saturated carbocycles. The van der Waals surface area contributed by atoms with Gasteiger partial charge in [-0.25, -0.2) is 4.98 Å². The number of imidazole rings is 1. The molecule has 0 aliphatic carbocycles. The maximum absolute atomic E-state index is 13.0. The minimum absolute atomic E-state index is 0.119. The van der Waals surface area contributed by atoms with Crippen molar-refractivity contribution in [1.29, 1.82) is 0 Å². The van der Waals surface area contributed by atoms with Gasteiger partial charge in [-0.2, -0.15) is 0 Å². The number of hydrogen-bond donors (Lipinski definition) is 1. The molecule has 0 atom stereocenters. The van der Waals surface area contributed by atoms with Crippen molar-refractivity contribution in [2.75, 3.05) is 51.1 Å². The van der Waals surface area contributed by atoms with Crippen molar-refractivity contribution in [2.45, 2.75) is 39.8 Å². The quantitative estimate of drug-likeness (QED) is 0.526. The van der Waals surface area contributed by atoms with E-state index in [1.165, 1.54) is 0 Å². The normalized spacial score (nSPS) is 15.1. The first kappa shape index (κ1) is 24.2. The van der Waals surface area contributed by atoms with E-state index in [2.05, 4.69) is 47.8 Å². The van der Waals surface area contributed by atoms with E-state index in [1.54, 1.807) is 12.4 Å². The van der Waals surface area contributed by atoms with Gasteiger partial charge in [-0.1, -0.05) is 30.3 Å². The van der Waals surface area contributed by atoms with E-state index in [0.29, 0.717) is 12.1 Å². The summed E-state index contributed by atoms with van der Waals surface area (Å²) >= 11 is 0. The van der Waals surface area contributed by atoms with E-state index < -0.39 is 0 Å². The Kier molecular flexibility index (Phi) is 7.80. The molecule has 1 amide bonds. The highest BCUT2D eigenvalue weighted by Gasteiger charge is 2.23. The second kappa shape index (κ2) is 11.0. The van der Waals surface area contributed by atoms with Crippen molar-refractivity contribution in [2.24, 2.45) is 0 Å². The van der Waals surface area contributed by atoms with Gasteiger partial charge in [0, 0.05) is 69.3 Å². The van der Waals surface area contributed by atoms with Gasteiger partial charge < -0.3 is 10.2 Å². The molecule has 1 aromatic carbocycles. The molecule has 8 nitrogen and oxygen atoms in total. The van der Waals surface area contributed by atoms with Gasteiger partial charge in [0.05, 0.1) is 12.7 Å². The number of nitrogens with one attached hydrogen (secondary N) is 1. The lowest BCUT2D eigenvalue weighted by Gasteiger charge is -2.37. The molecule has 1 fully saturated rings. The summed E-state index contributed by atoms with van der Waals surface area (Å²) < 4.78 is 1.95. The number of carbonyl (C=O) groups excluding carboxylic acids is 1. The lowest BCUT2D eigenvalue weighted by atomic mass is 10.1. The largest absolute Gasteiger partial charge is 0.360 e. The van der Waals surface area contributed by atoms with Crippen LogP contribution in [0.2, 0.25) is 0 Å². The van der Waals surface area contributed by atoms with Gasteiger partial charge in [0.25, 0.3) is 0 Å². The van der Waals surface area contributed by atoms with E-state index in [1.807, 2.05) is 45.8 Å². The Bertz CT molecular complexity index is 1060. The van der Waals surface area contributed by atoms with Crippen molar-refractivity contribution < 1.29 is 4.79 Å². The smallest absolute Gasteiger partial charge is 0.242 e. The van der Waals surface area contributed by atoms with Gasteiger partial charge in [-0.3, -0.25) is 24.0 Å². The number of fused-ring (bicyclic) bond motifs is 1. The third kappa shape index (κ3) is 5.56. The summed E-state index contributed by atoms with van der Waals surface area (Å²) in [6, 6.07) is 11.1. The number of nitrogens with zero attached hydrogens (tertiary/aromatic N) is 6. The number of rotatable bonds is 9. The van der Waals surface area contributed by atoms with Crippen molar-refractivity contribution >= 4 is 17.4 Å². The summed E-state index contributed by atoms with van der Waals surface area (Å²) in [7, 11) is 0. The van der Waals surface area contributed by atoms with Crippen molar-refractivity contribution in [1.82, 2.24) is 29.1 Å². The Hall–Kier alpha value is -2.97. The highest BCUT2D eigenvalue weighted by molar-refractivity contribution is 5.83. The van der Waals surface area contributed by atoms with Crippen LogP contribution in [0, 0.1) is 0 Å². The Morgan fingerprint density at radius 3 is 2.44 bits per heavy atom. The first-order valence-electron chi connectivity index (χ1n) is 12.3. The lowest BCUT2D eigenvalue weighted by Crippen LogP contribution is -2.52. The van der Waals surface area contributed by atoms with Crippen LogP contribution in [0.1, 0.15) is 27.7 Å². The molecule has 1 aliphatic heterocycles. The Labute approximate surface area is 202 Å². The molecule has 8 heteroatoms. The number of benzene rings is 1. The summed E-state index contributed by atoms with van der Waals surface area (Å²) in [5.74, 6) is 0.937. The van der Waals surface area contributed by atoms with Crippen molar-refractivity contribution in [3.8, 4) is 11.3 Å².